The molecule has 0 aromatic carbocycles. The standard InChI is InChI=1S/C11H14F3N3/c12-11(13,14)9-8(15)6-16-10(17-9)7-4-2-1-3-5-7/h6-7H,1-5,15H2. The minimum atomic E-state index is -4.50. The molecule has 0 aliphatic heterocycles. The lowest BCUT2D eigenvalue weighted by atomic mass is 9.88. The number of nitrogens with zero attached hydrogens (tertiary/aromatic N) is 2. The van der Waals surface area contributed by atoms with Crippen LogP contribution < -0.4 is 5.73 Å². The van der Waals surface area contributed by atoms with E-state index in [1.54, 1.807) is 0 Å². The molecule has 17 heavy (non-hydrogen) atoms. The Morgan fingerprint density at radius 2 is 1.82 bits per heavy atom. The molecule has 3 nitrogen and oxygen atoms in total. The summed E-state index contributed by atoms with van der Waals surface area (Å²) in [5.74, 6) is 0.330. The smallest absolute Gasteiger partial charge is 0.396 e. The average molecular weight is 245 g/mol. The van der Waals surface area contributed by atoms with Gasteiger partial charge in [-0.15, -0.1) is 0 Å². The number of alkyl halides is 3. The Morgan fingerprint density at radius 1 is 1.18 bits per heavy atom. The number of halogens is 3. The highest BCUT2D eigenvalue weighted by molar-refractivity contribution is 5.42. The van der Waals surface area contributed by atoms with Gasteiger partial charge in [0.05, 0.1) is 11.9 Å². The molecule has 0 spiro atoms. The summed E-state index contributed by atoms with van der Waals surface area (Å²) in [5.41, 5.74) is 3.85. The summed E-state index contributed by atoms with van der Waals surface area (Å²) in [7, 11) is 0. The fourth-order valence-corrected chi connectivity index (χ4v) is 2.19. The fourth-order valence-electron chi connectivity index (χ4n) is 2.19. The van der Waals surface area contributed by atoms with Crippen LogP contribution in [0.2, 0.25) is 0 Å². The summed E-state index contributed by atoms with van der Waals surface area (Å²) in [6.45, 7) is 0. The number of hydrogen-bond acceptors (Lipinski definition) is 3. The minimum Gasteiger partial charge on any atom is -0.396 e. The van der Waals surface area contributed by atoms with Crippen molar-refractivity contribution >= 4 is 5.69 Å². The van der Waals surface area contributed by atoms with Crippen LogP contribution in [0.3, 0.4) is 0 Å². The van der Waals surface area contributed by atoms with Crippen molar-refractivity contribution in [3.8, 4) is 0 Å². The van der Waals surface area contributed by atoms with Gasteiger partial charge in [0.2, 0.25) is 0 Å². The number of hydrogen-bond donors (Lipinski definition) is 1. The molecule has 0 atom stereocenters. The number of aromatic nitrogens is 2. The molecule has 1 fully saturated rings. The molecule has 1 saturated carbocycles. The molecular weight excluding hydrogens is 231 g/mol. The van der Waals surface area contributed by atoms with Crippen molar-refractivity contribution in [2.24, 2.45) is 0 Å². The van der Waals surface area contributed by atoms with Gasteiger partial charge in [-0.3, -0.25) is 0 Å². The van der Waals surface area contributed by atoms with Gasteiger partial charge in [0.15, 0.2) is 5.69 Å². The first kappa shape index (κ1) is 12.1. The third-order valence-electron chi connectivity index (χ3n) is 3.07. The first-order valence-electron chi connectivity index (χ1n) is 5.68. The van der Waals surface area contributed by atoms with E-state index in [0.717, 1.165) is 38.3 Å². The molecule has 1 aliphatic carbocycles. The van der Waals surface area contributed by atoms with Gasteiger partial charge in [-0.25, -0.2) is 9.97 Å². The molecule has 2 N–H and O–H groups in total. The number of nitrogens with two attached hydrogens (primary N) is 1. The van der Waals surface area contributed by atoms with Crippen molar-refractivity contribution in [2.45, 2.75) is 44.2 Å². The minimum absolute atomic E-state index is 0.0467. The van der Waals surface area contributed by atoms with E-state index in [2.05, 4.69) is 9.97 Å². The zero-order chi connectivity index (χ0) is 12.5. The van der Waals surface area contributed by atoms with E-state index in [0.29, 0.717) is 0 Å². The van der Waals surface area contributed by atoms with Crippen LogP contribution in [-0.2, 0) is 6.18 Å². The van der Waals surface area contributed by atoms with Crippen molar-refractivity contribution in [1.29, 1.82) is 0 Å². The first-order chi connectivity index (χ1) is 7.98. The van der Waals surface area contributed by atoms with Crippen LogP contribution in [0.15, 0.2) is 6.20 Å². The summed E-state index contributed by atoms with van der Waals surface area (Å²) in [6, 6.07) is 0. The van der Waals surface area contributed by atoms with Crippen LogP contribution >= 0.6 is 0 Å². The number of rotatable bonds is 1. The molecule has 1 aliphatic rings. The number of anilines is 1. The van der Waals surface area contributed by atoms with E-state index in [1.807, 2.05) is 0 Å². The van der Waals surface area contributed by atoms with Crippen molar-refractivity contribution in [1.82, 2.24) is 9.97 Å². The van der Waals surface area contributed by atoms with Gasteiger partial charge >= 0.3 is 6.18 Å². The highest BCUT2D eigenvalue weighted by atomic mass is 19.4. The summed E-state index contributed by atoms with van der Waals surface area (Å²) >= 11 is 0. The van der Waals surface area contributed by atoms with Gasteiger partial charge in [0, 0.05) is 5.92 Å². The molecular formula is C11H14F3N3. The van der Waals surface area contributed by atoms with Crippen LogP contribution in [0.5, 0.6) is 0 Å². The lowest BCUT2D eigenvalue weighted by Gasteiger charge is -2.21. The SMILES string of the molecule is Nc1cnc(C2CCCCC2)nc1C(F)(F)F. The Bertz CT molecular complexity index is 397. The number of nitrogen functional groups attached to an aromatic ring is 1. The van der Waals surface area contributed by atoms with Gasteiger partial charge in [0.25, 0.3) is 0 Å². The Hall–Kier alpha value is -1.33. The van der Waals surface area contributed by atoms with Gasteiger partial charge in [0.1, 0.15) is 5.82 Å². The Balaban J connectivity index is 2.30. The topological polar surface area (TPSA) is 51.8 Å². The van der Waals surface area contributed by atoms with Crippen molar-refractivity contribution in [3.63, 3.8) is 0 Å². The molecule has 1 heterocycles. The first-order valence-corrected chi connectivity index (χ1v) is 5.68. The monoisotopic (exact) mass is 245 g/mol. The molecule has 2 rings (SSSR count). The highest BCUT2D eigenvalue weighted by Crippen LogP contribution is 2.35. The van der Waals surface area contributed by atoms with Crippen molar-refractivity contribution in [2.75, 3.05) is 5.73 Å². The molecule has 0 bridgehead atoms. The molecule has 94 valence electrons. The van der Waals surface area contributed by atoms with E-state index in [1.165, 1.54) is 0 Å². The second-order valence-electron chi connectivity index (χ2n) is 4.36. The van der Waals surface area contributed by atoms with Crippen molar-refractivity contribution < 1.29 is 13.2 Å². The molecule has 1 aromatic rings. The molecule has 1 aromatic heterocycles. The van der Waals surface area contributed by atoms with Crippen LogP contribution in [0.4, 0.5) is 18.9 Å². The van der Waals surface area contributed by atoms with E-state index in [-0.39, 0.29) is 11.7 Å². The van der Waals surface area contributed by atoms with E-state index in [9.17, 15) is 13.2 Å². The molecule has 6 heteroatoms. The maximum absolute atomic E-state index is 12.6. The maximum atomic E-state index is 12.6. The quantitative estimate of drug-likeness (QED) is 0.827. The molecule has 0 radical (unpaired) electrons. The lowest BCUT2D eigenvalue weighted by Crippen LogP contribution is -2.17. The zero-order valence-corrected chi connectivity index (χ0v) is 9.30. The van der Waals surface area contributed by atoms with Crippen LogP contribution in [0.1, 0.15) is 49.5 Å². The largest absolute Gasteiger partial charge is 0.435 e. The van der Waals surface area contributed by atoms with Crippen LogP contribution in [0, 0.1) is 0 Å². The third-order valence-corrected chi connectivity index (χ3v) is 3.07. The average Bonchev–Trinajstić information content (AvgIpc) is 2.29. The maximum Gasteiger partial charge on any atom is 0.435 e. The van der Waals surface area contributed by atoms with Gasteiger partial charge < -0.3 is 5.73 Å². The summed E-state index contributed by atoms with van der Waals surface area (Å²) in [4.78, 5) is 7.55. The Morgan fingerprint density at radius 3 is 2.41 bits per heavy atom. The normalized spacial score (nSPS) is 18.3. The molecule has 0 unspecified atom stereocenters. The van der Waals surface area contributed by atoms with Crippen molar-refractivity contribution in [3.05, 3.63) is 17.7 Å². The fraction of sp³-hybridized carbons (Fsp3) is 0.636. The van der Waals surface area contributed by atoms with E-state index in [4.69, 9.17) is 5.73 Å². The Labute approximate surface area is 97.3 Å². The predicted molar refractivity (Wildman–Crippen MR) is 57.3 cm³/mol. The second kappa shape index (κ2) is 4.50. The van der Waals surface area contributed by atoms with Gasteiger partial charge in [-0.1, -0.05) is 19.3 Å². The van der Waals surface area contributed by atoms with Gasteiger partial charge in [-0.05, 0) is 12.8 Å². The molecule has 0 amide bonds. The van der Waals surface area contributed by atoms with E-state index >= 15 is 0 Å². The predicted octanol–water partition coefficient (Wildman–Crippen LogP) is 3.13. The summed E-state index contributed by atoms with van der Waals surface area (Å²) in [5, 5.41) is 0. The third kappa shape index (κ3) is 2.68. The van der Waals surface area contributed by atoms with Gasteiger partial charge in [-0.2, -0.15) is 13.2 Å². The van der Waals surface area contributed by atoms with Crippen LogP contribution in [-0.4, -0.2) is 9.97 Å². The molecule has 0 saturated heterocycles. The van der Waals surface area contributed by atoms with E-state index < -0.39 is 17.6 Å². The Kier molecular flexibility index (Phi) is 3.22. The summed E-state index contributed by atoms with van der Waals surface area (Å²) in [6.07, 6.45) is 1.48. The highest BCUT2D eigenvalue weighted by Gasteiger charge is 2.36. The summed E-state index contributed by atoms with van der Waals surface area (Å²) < 4.78 is 37.9. The zero-order valence-electron chi connectivity index (χ0n) is 9.30. The second-order valence-corrected chi connectivity index (χ2v) is 4.36. The lowest BCUT2D eigenvalue weighted by molar-refractivity contribution is -0.140. The van der Waals surface area contributed by atoms with Crippen LogP contribution in [0.25, 0.3) is 0 Å².